The molecule has 0 spiro atoms. The van der Waals surface area contributed by atoms with E-state index in [0.29, 0.717) is 5.54 Å². The van der Waals surface area contributed by atoms with Gasteiger partial charge in [0.1, 0.15) is 0 Å². The van der Waals surface area contributed by atoms with Crippen molar-refractivity contribution in [3.8, 4) is 0 Å². The van der Waals surface area contributed by atoms with Gasteiger partial charge in [-0.05, 0) is 38.0 Å². The smallest absolute Gasteiger partial charge is 0.329 e. The molecule has 0 bridgehead atoms. The Hall–Kier alpha value is -0.163. The van der Waals surface area contributed by atoms with Crippen LogP contribution in [0.4, 0.5) is 0 Å². The molecule has 0 amide bonds. The van der Waals surface area contributed by atoms with Crippen molar-refractivity contribution in [1.82, 2.24) is 0 Å². The maximum Gasteiger partial charge on any atom is 0.329 e. The van der Waals surface area contributed by atoms with Gasteiger partial charge in [-0.15, -0.1) is 0 Å². The minimum absolute atomic E-state index is 0.424. The highest BCUT2D eigenvalue weighted by atomic mass is 79.9. The summed E-state index contributed by atoms with van der Waals surface area (Å²) in [5.41, 5.74) is 1.74. The summed E-state index contributed by atoms with van der Waals surface area (Å²) in [4.78, 5) is 0. The lowest BCUT2D eigenvalue weighted by Crippen LogP contribution is -2.31. The molecule has 0 saturated carbocycles. The third-order valence-corrected chi connectivity index (χ3v) is 6.04. The maximum absolute atomic E-state index is 5.83. The molecular formula is C13H21BrO2Si. The molecule has 1 aromatic carbocycles. The molecule has 0 aliphatic rings. The van der Waals surface area contributed by atoms with Crippen molar-refractivity contribution in [1.29, 1.82) is 0 Å². The quantitative estimate of drug-likeness (QED) is 0.713. The van der Waals surface area contributed by atoms with E-state index in [2.05, 4.69) is 41.1 Å². The summed E-state index contributed by atoms with van der Waals surface area (Å²) in [6.07, 6.45) is 1.06. The van der Waals surface area contributed by atoms with E-state index in [0.717, 1.165) is 24.1 Å². The van der Waals surface area contributed by atoms with Crippen molar-refractivity contribution in [2.45, 2.75) is 32.7 Å². The molecule has 0 N–H and O–H groups in total. The van der Waals surface area contributed by atoms with Crippen LogP contribution in [0, 0.1) is 0 Å². The molecule has 0 radical (unpaired) electrons. The Balaban J connectivity index is 2.87. The van der Waals surface area contributed by atoms with E-state index in [1.807, 2.05) is 19.9 Å². The Morgan fingerprint density at radius 3 is 2.29 bits per heavy atom. The van der Waals surface area contributed by atoms with E-state index < -0.39 is 9.28 Å². The first-order valence-corrected chi connectivity index (χ1v) is 8.61. The molecule has 0 saturated heterocycles. The maximum atomic E-state index is 5.83. The summed E-state index contributed by atoms with van der Waals surface area (Å²) in [5, 5.41) is 0. The second kappa shape index (κ2) is 8.03. The van der Waals surface area contributed by atoms with Gasteiger partial charge < -0.3 is 8.85 Å². The fourth-order valence-electron chi connectivity index (χ4n) is 1.93. The van der Waals surface area contributed by atoms with Crippen LogP contribution in [0.2, 0.25) is 0 Å². The average Bonchev–Trinajstić information content (AvgIpc) is 2.31. The van der Waals surface area contributed by atoms with Gasteiger partial charge in [-0.3, -0.25) is 0 Å². The normalized spacial score (nSPS) is 13.0. The van der Waals surface area contributed by atoms with Gasteiger partial charge in [0.05, 0.1) is 0 Å². The van der Waals surface area contributed by atoms with E-state index >= 15 is 0 Å². The lowest BCUT2D eigenvalue weighted by Gasteiger charge is -2.24. The standard InChI is InChI=1S/C13H21BrO2Si/c1-4-13(17(15-5-2)16-6-3)11-8-7-9-12(14)10-11/h7-10,13,17H,4-6H2,1-3H3. The van der Waals surface area contributed by atoms with E-state index in [4.69, 9.17) is 8.85 Å². The van der Waals surface area contributed by atoms with E-state index in [9.17, 15) is 0 Å². The topological polar surface area (TPSA) is 18.5 Å². The van der Waals surface area contributed by atoms with E-state index in [1.54, 1.807) is 0 Å². The van der Waals surface area contributed by atoms with Crippen molar-refractivity contribution < 1.29 is 8.85 Å². The van der Waals surface area contributed by atoms with E-state index in [1.165, 1.54) is 5.56 Å². The zero-order chi connectivity index (χ0) is 12.7. The third-order valence-electron chi connectivity index (χ3n) is 2.71. The van der Waals surface area contributed by atoms with Crippen molar-refractivity contribution in [3.05, 3.63) is 34.3 Å². The fourth-order valence-corrected chi connectivity index (χ4v) is 4.47. The Kier molecular flexibility index (Phi) is 7.04. The Morgan fingerprint density at radius 1 is 1.18 bits per heavy atom. The molecule has 17 heavy (non-hydrogen) atoms. The molecule has 0 aliphatic heterocycles. The van der Waals surface area contributed by atoms with Gasteiger partial charge in [-0.2, -0.15) is 0 Å². The van der Waals surface area contributed by atoms with Gasteiger partial charge in [0, 0.05) is 23.2 Å². The first-order valence-electron chi connectivity index (χ1n) is 6.21. The van der Waals surface area contributed by atoms with Crippen molar-refractivity contribution in [2.24, 2.45) is 0 Å². The monoisotopic (exact) mass is 316 g/mol. The summed E-state index contributed by atoms with van der Waals surface area (Å²) in [6, 6.07) is 8.46. The van der Waals surface area contributed by atoms with Gasteiger partial charge in [0.25, 0.3) is 0 Å². The predicted octanol–water partition coefficient (Wildman–Crippen LogP) is 3.78. The Morgan fingerprint density at radius 2 is 1.82 bits per heavy atom. The minimum atomic E-state index is -1.62. The number of benzene rings is 1. The zero-order valence-corrected chi connectivity index (χ0v) is 13.5. The summed E-state index contributed by atoms with van der Waals surface area (Å²) < 4.78 is 12.8. The zero-order valence-electron chi connectivity index (χ0n) is 10.8. The second-order valence-corrected chi connectivity index (χ2v) is 6.97. The van der Waals surface area contributed by atoms with Gasteiger partial charge >= 0.3 is 9.28 Å². The van der Waals surface area contributed by atoms with Crippen LogP contribution in [-0.4, -0.2) is 22.5 Å². The van der Waals surface area contributed by atoms with Gasteiger partial charge in [-0.1, -0.05) is 35.0 Å². The first-order chi connectivity index (χ1) is 8.22. The van der Waals surface area contributed by atoms with Crippen molar-refractivity contribution in [2.75, 3.05) is 13.2 Å². The summed E-state index contributed by atoms with van der Waals surface area (Å²) in [7, 11) is -1.62. The molecule has 96 valence electrons. The lowest BCUT2D eigenvalue weighted by atomic mass is 10.1. The average molecular weight is 317 g/mol. The van der Waals surface area contributed by atoms with Gasteiger partial charge in [0.2, 0.25) is 0 Å². The van der Waals surface area contributed by atoms with E-state index in [-0.39, 0.29) is 0 Å². The molecule has 4 heteroatoms. The first kappa shape index (κ1) is 14.9. The molecule has 2 nitrogen and oxygen atoms in total. The summed E-state index contributed by atoms with van der Waals surface area (Å²) in [5.74, 6) is 0. The molecule has 0 fully saturated rings. The molecule has 1 unspecified atom stereocenters. The van der Waals surface area contributed by atoms with Crippen LogP contribution in [0.15, 0.2) is 28.7 Å². The van der Waals surface area contributed by atoms with Crippen LogP contribution < -0.4 is 0 Å². The molecular weight excluding hydrogens is 296 g/mol. The number of hydrogen-bond donors (Lipinski definition) is 0. The van der Waals surface area contributed by atoms with Crippen LogP contribution in [0.3, 0.4) is 0 Å². The fraction of sp³-hybridized carbons (Fsp3) is 0.538. The number of halogens is 1. The number of hydrogen-bond acceptors (Lipinski definition) is 2. The minimum Gasteiger partial charge on any atom is -0.396 e. The largest absolute Gasteiger partial charge is 0.396 e. The summed E-state index contributed by atoms with van der Waals surface area (Å²) >= 11 is 3.52. The SMILES string of the molecule is CCO[SiH](OCC)C(CC)c1cccc(Br)c1. The van der Waals surface area contributed by atoms with Crippen LogP contribution >= 0.6 is 15.9 Å². The molecule has 1 atom stereocenters. The predicted molar refractivity (Wildman–Crippen MR) is 77.6 cm³/mol. The Bertz CT molecular complexity index is 327. The van der Waals surface area contributed by atoms with Crippen LogP contribution in [-0.2, 0) is 8.85 Å². The highest BCUT2D eigenvalue weighted by Gasteiger charge is 2.25. The molecule has 0 heterocycles. The van der Waals surface area contributed by atoms with Crippen LogP contribution in [0.25, 0.3) is 0 Å². The highest BCUT2D eigenvalue weighted by Crippen LogP contribution is 2.26. The van der Waals surface area contributed by atoms with Crippen LogP contribution in [0.1, 0.15) is 38.3 Å². The molecule has 1 aromatic rings. The summed E-state index contributed by atoms with van der Waals surface area (Å²) in [6.45, 7) is 7.74. The van der Waals surface area contributed by atoms with Crippen molar-refractivity contribution in [3.63, 3.8) is 0 Å². The Labute approximate surface area is 114 Å². The molecule has 1 rings (SSSR count). The number of rotatable bonds is 7. The molecule has 0 aliphatic carbocycles. The lowest BCUT2D eigenvalue weighted by molar-refractivity contribution is 0.204. The highest BCUT2D eigenvalue weighted by molar-refractivity contribution is 9.10. The molecule has 0 aromatic heterocycles. The third kappa shape index (κ3) is 4.54. The van der Waals surface area contributed by atoms with Crippen molar-refractivity contribution >= 4 is 25.2 Å². The van der Waals surface area contributed by atoms with Gasteiger partial charge in [0.15, 0.2) is 0 Å². The van der Waals surface area contributed by atoms with Gasteiger partial charge in [-0.25, -0.2) is 0 Å². The second-order valence-electron chi connectivity index (χ2n) is 3.85. The van der Waals surface area contributed by atoms with Crippen LogP contribution in [0.5, 0.6) is 0 Å².